The normalized spacial score (nSPS) is 10.3. The van der Waals surface area contributed by atoms with E-state index >= 15 is 0 Å². The molecule has 5 heteroatoms. The minimum atomic E-state index is -0.437. The van der Waals surface area contributed by atoms with Crippen LogP contribution in [-0.2, 0) is 11.2 Å². The maximum absolute atomic E-state index is 13.4. The molecular weight excluding hydrogens is 253 g/mol. The Morgan fingerprint density at radius 3 is 2.94 bits per heavy atom. The van der Waals surface area contributed by atoms with Gasteiger partial charge in [-0.1, -0.05) is 18.2 Å². The molecule has 1 heterocycles. The first-order chi connectivity index (χ1) is 8.70. The zero-order valence-electron chi connectivity index (χ0n) is 9.85. The zero-order chi connectivity index (χ0) is 13.0. The van der Waals surface area contributed by atoms with Crippen LogP contribution in [0.3, 0.4) is 0 Å². The summed E-state index contributed by atoms with van der Waals surface area (Å²) in [6, 6.07) is 6.54. The number of thiazole rings is 1. The highest BCUT2D eigenvalue weighted by Crippen LogP contribution is 2.17. The van der Waals surface area contributed by atoms with Crippen LogP contribution in [0.2, 0.25) is 0 Å². The van der Waals surface area contributed by atoms with Crippen molar-refractivity contribution in [2.75, 3.05) is 6.61 Å². The molecule has 0 unspecified atom stereocenters. The predicted molar refractivity (Wildman–Crippen MR) is 67.3 cm³/mol. The third kappa shape index (κ3) is 2.92. The molecule has 18 heavy (non-hydrogen) atoms. The van der Waals surface area contributed by atoms with Crippen molar-refractivity contribution < 1.29 is 13.9 Å². The van der Waals surface area contributed by atoms with Crippen molar-refractivity contribution in [3.8, 4) is 0 Å². The van der Waals surface area contributed by atoms with Crippen molar-refractivity contribution >= 4 is 17.3 Å². The molecule has 0 bridgehead atoms. The van der Waals surface area contributed by atoms with Gasteiger partial charge in [-0.05, 0) is 18.6 Å². The van der Waals surface area contributed by atoms with Gasteiger partial charge in [-0.25, -0.2) is 14.2 Å². The lowest BCUT2D eigenvalue weighted by atomic mass is 10.1. The largest absolute Gasteiger partial charge is 0.461 e. The van der Waals surface area contributed by atoms with Gasteiger partial charge in [0.2, 0.25) is 0 Å². The van der Waals surface area contributed by atoms with E-state index in [1.807, 2.05) is 0 Å². The molecule has 2 aromatic rings. The molecule has 0 aliphatic rings. The minimum Gasteiger partial charge on any atom is -0.461 e. The maximum Gasteiger partial charge on any atom is 0.357 e. The van der Waals surface area contributed by atoms with Crippen LogP contribution in [0.15, 0.2) is 29.6 Å². The lowest BCUT2D eigenvalue weighted by Gasteiger charge is -1.99. The van der Waals surface area contributed by atoms with E-state index in [4.69, 9.17) is 4.74 Å². The summed E-state index contributed by atoms with van der Waals surface area (Å²) in [4.78, 5) is 15.6. The van der Waals surface area contributed by atoms with E-state index < -0.39 is 5.97 Å². The van der Waals surface area contributed by atoms with Gasteiger partial charge in [-0.2, -0.15) is 0 Å². The zero-order valence-corrected chi connectivity index (χ0v) is 10.7. The Hall–Kier alpha value is -1.75. The van der Waals surface area contributed by atoms with Crippen molar-refractivity contribution in [1.82, 2.24) is 4.98 Å². The molecule has 0 fully saturated rings. The topological polar surface area (TPSA) is 39.2 Å². The van der Waals surface area contributed by atoms with Crippen LogP contribution >= 0.6 is 11.3 Å². The highest BCUT2D eigenvalue weighted by atomic mass is 32.1. The molecule has 0 atom stereocenters. The summed E-state index contributed by atoms with van der Waals surface area (Å²) in [5.41, 5.74) is 0.857. The molecule has 1 aromatic heterocycles. The second kappa shape index (κ2) is 5.73. The Morgan fingerprint density at radius 2 is 2.22 bits per heavy atom. The lowest BCUT2D eigenvalue weighted by Crippen LogP contribution is -2.05. The molecule has 0 amide bonds. The van der Waals surface area contributed by atoms with Crippen molar-refractivity contribution in [3.63, 3.8) is 0 Å². The van der Waals surface area contributed by atoms with Gasteiger partial charge >= 0.3 is 5.97 Å². The molecule has 0 saturated carbocycles. The molecule has 0 saturated heterocycles. The van der Waals surface area contributed by atoms with E-state index in [0.29, 0.717) is 23.6 Å². The van der Waals surface area contributed by atoms with E-state index in [9.17, 15) is 9.18 Å². The number of carbonyl (C=O) groups excluding carboxylic acids is 1. The molecule has 0 spiro atoms. The van der Waals surface area contributed by atoms with Gasteiger partial charge < -0.3 is 4.74 Å². The van der Waals surface area contributed by atoms with Gasteiger partial charge in [0, 0.05) is 11.8 Å². The van der Waals surface area contributed by atoms with E-state index in [1.54, 1.807) is 30.5 Å². The standard InChI is InChI=1S/C13H12FNO2S/c1-2-17-13(16)11-8-18-12(15-11)7-9-5-3-4-6-10(9)14/h3-6,8H,2,7H2,1H3. The fourth-order valence-corrected chi connectivity index (χ4v) is 2.28. The lowest BCUT2D eigenvalue weighted by molar-refractivity contribution is 0.0520. The van der Waals surface area contributed by atoms with Crippen LogP contribution in [0, 0.1) is 5.82 Å². The first-order valence-electron chi connectivity index (χ1n) is 5.55. The van der Waals surface area contributed by atoms with Gasteiger partial charge in [-0.3, -0.25) is 0 Å². The number of ether oxygens (including phenoxy) is 1. The number of aromatic nitrogens is 1. The van der Waals surface area contributed by atoms with Crippen molar-refractivity contribution in [2.24, 2.45) is 0 Å². The number of esters is 1. The van der Waals surface area contributed by atoms with Crippen LogP contribution in [0.4, 0.5) is 4.39 Å². The number of halogens is 1. The van der Waals surface area contributed by atoms with Crippen LogP contribution < -0.4 is 0 Å². The summed E-state index contributed by atoms with van der Waals surface area (Å²) in [6.07, 6.45) is 0.386. The van der Waals surface area contributed by atoms with Crippen molar-refractivity contribution in [1.29, 1.82) is 0 Å². The maximum atomic E-state index is 13.4. The quantitative estimate of drug-likeness (QED) is 0.798. The second-order valence-corrected chi connectivity index (χ2v) is 4.56. The first kappa shape index (κ1) is 12.7. The summed E-state index contributed by atoms with van der Waals surface area (Å²) >= 11 is 1.33. The summed E-state index contributed by atoms with van der Waals surface area (Å²) < 4.78 is 18.3. The van der Waals surface area contributed by atoms with Gasteiger partial charge in [0.05, 0.1) is 11.6 Å². The van der Waals surface area contributed by atoms with Gasteiger partial charge in [0.25, 0.3) is 0 Å². The predicted octanol–water partition coefficient (Wildman–Crippen LogP) is 3.05. The van der Waals surface area contributed by atoms with Gasteiger partial charge in [0.15, 0.2) is 5.69 Å². The highest BCUT2D eigenvalue weighted by molar-refractivity contribution is 7.09. The fourth-order valence-electron chi connectivity index (χ4n) is 1.50. The Morgan fingerprint density at radius 1 is 1.44 bits per heavy atom. The van der Waals surface area contributed by atoms with Crippen LogP contribution in [0.1, 0.15) is 28.0 Å². The number of carbonyl (C=O) groups is 1. The molecule has 94 valence electrons. The highest BCUT2D eigenvalue weighted by Gasteiger charge is 2.12. The molecule has 0 radical (unpaired) electrons. The van der Waals surface area contributed by atoms with Gasteiger partial charge in [-0.15, -0.1) is 11.3 Å². The smallest absolute Gasteiger partial charge is 0.357 e. The second-order valence-electron chi connectivity index (χ2n) is 3.62. The van der Waals surface area contributed by atoms with Crippen LogP contribution in [0.25, 0.3) is 0 Å². The van der Waals surface area contributed by atoms with E-state index in [1.165, 1.54) is 17.4 Å². The van der Waals surface area contributed by atoms with E-state index in [2.05, 4.69) is 4.98 Å². The average Bonchev–Trinajstić information content (AvgIpc) is 2.81. The summed E-state index contributed by atoms with van der Waals surface area (Å²) in [5, 5.41) is 2.33. The summed E-state index contributed by atoms with van der Waals surface area (Å²) in [6.45, 7) is 2.06. The summed E-state index contributed by atoms with van der Waals surface area (Å²) in [7, 11) is 0. The molecule has 1 aromatic carbocycles. The van der Waals surface area contributed by atoms with Crippen molar-refractivity contribution in [2.45, 2.75) is 13.3 Å². The molecule has 0 aliphatic heterocycles. The first-order valence-corrected chi connectivity index (χ1v) is 6.43. The number of nitrogens with zero attached hydrogens (tertiary/aromatic N) is 1. The fraction of sp³-hybridized carbons (Fsp3) is 0.231. The van der Waals surface area contributed by atoms with Crippen LogP contribution in [-0.4, -0.2) is 17.6 Å². The van der Waals surface area contributed by atoms with E-state index in [-0.39, 0.29) is 11.5 Å². The number of benzene rings is 1. The molecule has 3 nitrogen and oxygen atoms in total. The van der Waals surface area contributed by atoms with Crippen LogP contribution in [0.5, 0.6) is 0 Å². The minimum absolute atomic E-state index is 0.259. The van der Waals surface area contributed by atoms with Crippen molar-refractivity contribution in [3.05, 3.63) is 51.7 Å². The SMILES string of the molecule is CCOC(=O)c1csc(Cc2ccccc2F)n1. The Labute approximate surface area is 108 Å². The third-order valence-corrected chi connectivity index (χ3v) is 3.18. The van der Waals surface area contributed by atoms with E-state index in [0.717, 1.165) is 0 Å². The third-order valence-electron chi connectivity index (χ3n) is 2.34. The Balaban J connectivity index is 2.12. The molecule has 2 rings (SSSR count). The monoisotopic (exact) mass is 265 g/mol. The Kier molecular flexibility index (Phi) is 4.04. The van der Waals surface area contributed by atoms with Gasteiger partial charge in [0.1, 0.15) is 5.82 Å². The number of hydrogen-bond acceptors (Lipinski definition) is 4. The number of hydrogen-bond donors (Lipinski definition) is 0. The molecular formula is C13H12FNO2S. The average molecular weight is 265 g/mol. The molecule has 0 aliphatic carbocycles. The summed E-state index contributed by atoms with van der Waals surface area (Å²) in [5.74, 6) is -0.695. The number of rotatable bonds is 4. The molecule has 0 N–H and O–H groups in total. The Bertz CT molecular complexity index is 553.